The Balaban J connectivity index is 1.54. The molecule has 0 saturated carbocycles. The van der Waals surface area contributed by atoms with E-state index < -0.39 is 29.3 Å². The van der Waals surface area contributed by atoms with Gasteiger partial charge in [0.15, 0.2) is 0 Å². The van der Waals surface area contributed by atoms with E-state index in [4.69, 9.17) is 9.47 Å². The molecule has 4 rings (SSSR count). The highest BCUT2D eigenvalue weighted by Gasteiger charge is 2.54. The smallest absolute Gasteiger partial charge is 0.256 e. The summed E-state index contributed by atoms with van der Waals surface area (Å²) in [7, 11) is 1.53. The molecule has 2 aromatic rings. The summed E-state index contributed by atoms with van der Waals surface area (Å²) in [5, 5.41) is 2.77. The first kappa shape index (κ1) is 24.7. The molecule has 35 heavy (non-hydrogen) atoms. The van der Waals surface area contributed by atoms with E-state index in [9.17, 15) is 23.2 Å². The third-order valence-electron chi connectivity index (χ3n) is 6.40. The number of halogens is 2. The minimum atomic E-state index is -1.09. The highest BCUT2D eigenvalue weighted by Crippen LogP contribution is 2.39. The maximum atomic E-state index is 14.2. The first-order valence-electron chi connectivity index (χ1n) is 11.4. The van der Waals surface area contributed by atoms with Gasteiger partial charge < -0.3 is 19.7 Å². The molecule has 2 saturated heterocycles. The van der Waals surface area contributed by atoms with Gasteiger partial charge in [0.2, 0.25) is 5.91 Å². The summed E-state index contributed by atoms with van der Waals surface area (Å²) in [5.41, 5.74) is -0.893. The molecule has 2 aromatic carbocycles. The second-order valence-electron chi connectivity index (χ2n) is 8.51. The van der Waals surface area contributed by atoms with Crippen LogP contribution in [0.15, 0.2) is 48.5 Å². The SMILES string of the molecule is COCCNC(=O)[C@H]1COC2(CCN(C(=O)c3ccc(F)cc3F)CC2)N1C(=O)c1ccccc1. The maximum Gasteiger partial charge on any atom is 0.256 e. The Hall–Kier alpha value is -3.37. The standard InChI is InChI=1S/C25H27F2N3O5/c1-34-14-11-28-22(31)21-16-35-25(30(21)23(32)17-5-3-2-4-6-17)9-12-29(13-10-25)24(33)19-8-7-18(26)15-20(19)27/h2-8,15,21H,9-14,16H2,1H3,(H,28,31)/t21-/m1/s1. The highest BCUT2D eigenvalue weighted by molar-refractivity contribution is 5.98. The number of likely N-dealkylation sites (tertiary alicyclic amines) is 1. The van der Waals surface area contributed by atoms with Crippen LogP contribution in [-0.2, 0) is 14.3 Å². The zero-order chi connectivity index (χ0) is 25.0. The molecule has 0 aromatic heterocycles. The molecule has 0 bridgehead atoms. The van der Waals surface area contributed by atoms with E-state index in [1.165, 1.54) is 16.9 Å². The Kier molecular flexibility index (Phi) is 7.42. The third-order valence-corrected chi connectivity index (χ3v) is 6.40. The molecule has 1 N–H and O–H groups in total. The predicted molar refractivity (Wildman–Crippen MR) is 121 cm³/mol. The lowest BCUT2D eigenvalue weighted by atomic mass is 9.96. The number of ether oxygens (including phenoxy) is 2. The second kappa shape index (κ2) is 10.5. The first-order chi connectivity index (χ1) is 16.9. The minimum Gasteiger partial charge on any atom is -0.383 e. The van der Waals surface area contributed by atoms with Crippen molar-refractivity contribution in [3.05, 3.63) is 71.3 Å². The van der Waals surface area contributed by atoms with Crippen LogP contribution in [-0.4, -0.2) is 79.2 Å². The van der Waals surface area contributed by atoms with Gasteiger partial charge in [0, 0.05) is 51.2 Å². The van der Waals surface area contributed by atoms with E-state index in [1.807, 2.05) is 0 Å². The minimum absolute atomic E-state index is 0.0118. The Labute approximate surface area is 201 Å². The highest BCUT2D eigenvalue weighted by atomic mass is 19.1. The summed E-state index contributed by atoms with van der Waals surface area (Å²) < 4.78 is 38.5. The van der Waals surface area contributed by atoms with E-state index in [1.54, 1.807) is 30.3 Å². The van der Waals surface area contributed by atoms with Crippen LogP contribution in [0.2, 0.25) is 0 Å². The van der Waals surface area contributed by atoms with Crippen LogP contribution in [0.4, 0.5) is 8.78 Å². The molecular weight excluding hydrogens is 460 g/mol. The molecule has 0 unspecified atom stereocenters. The van der Waals surface area contributed by atoms with Crippen LogP contribution >= 0.6 is 0 Å². The van der Waals surface area contributed by atoms with Crippen molar-refractivity contribution in [2.75, 3.05) is 40.0 Å². The number of piperidine rings is 1. The van der Waals surface area contributed by atoms with Crippen molar-refractivity contribution in [2.24, 2.45) is 0 Å². The van der Waals surface area contributed by atoms with Crippen molar-refractivity contribution in [2.45, 2.75) is 24.6 Å². The molecule has 186 valence electrons. The largest absolute Gasteiger partial charge is 0.383 e. The Morgan fingerprint density at radius 1 is 1.09 bits per heavy atom. The van der Waals surface area contributed by atoms with Crippen molar-refractivity contribution in [1.29, 1.82) is 0 Å². The van der Waals surface area contributed by atoms with Crippen LogP contribution in [0.5, 0.6) is 0 Å². The van der Waals surface area contributed by atoms with Gasteiger partial charge in [0.05, 0.1) is 18.8 Å². The van der Waals surface area contributed by atoms with E-state index in [0.717, 1.165) is 12.1 Å². The van der Waals surface area contributed by atoms with E-state index in [-0.39, 0.29) is 56.5 Å². The molecule has 10 heteroatoms. The number of carbonyl (C=O) groups is 3. The topological polar surface area (TPSA) is 88.2 Å². The van der Waals surface area contributed by atoms with Gasteiger partial charge in [-0.3, -0.25) is 19.3 Å². The predicted octanol–water partition coefficient (Wildman–Crippen LogP) is 2.20. The monoisotopic (exact) mass is 487 g/mol. The average Bonchev–Trinajstić information content (AvgIpc) is 3.23. The summed E-state index contributed by atoms with van der Waals surface area (Å²) in [6.07, 6.45) is 0.476. The Morgan fingerprint density at radius 2 is 1.80 bits per heavy atom. The lowest BCUT2D eigenvalue weighted by molar-refractivity contribution is -0.128. The van der Waals surface area contributed by atoms with Crippen LogP contribution in [0, 0.1) is 11.6 Å². The summed E-state index contributed by atoms with van der Waals surface area (Å²) in [5.74, 6) is -2.96. The van der Waals surface area contributed by atoms with Gasteiger partial charge in [-0.2, -0.15) is 0 Å². The number of nitrogens with zero attached hydrogens (tertiary/aromatic N) is 2. The van der Waals surface area contributed by atoms with Gasteiger partial charge in [-0.25, -0.2) is 8.78 Å². The number of carbonyl (C=O) groups excluding carboxylic acids is 3. The molecule has 2 aliphatic heterocycles. The lowest BCUT2D eigenvalue weighted by Gasteiger charge is -2.44. The molecule has 0 radical (unpaired) electrons. The summed E-state index contributed by atoms with van der Waals surface area (Å²) in [6, 6.07) is 10.6. The number of amides is 3. The van der Waals surface area contributed by atoms with E-state index >= 15 is 0 Å². The number of rotatable bonds is 6. The molecule has 0 aliphatic carbocycles. The number of benzene rings is 2. The maximum absolute atomic E-state index is 14.2. The van der Waals surface area contributed by atoms with Gasteiger partial charge in [0.25, 0.3) is 11.8 Å². The van der Waals surface area contributed by atoms with Gasteiger partial charge in [-0.1, -0.05) is 18.2 Å². The summed E-state index contributed by atoms with van der Waals surface area (Å²) in [6.45, 7) is 0.974. The van der Waals surface area contributed by atoms with Crippen molar-refractivity contribution >= 4 is 17.7 Å². The Bertz CT molecular complexity index is 1090. The molecule has 2 heterocycles. The molecule has 8 nitrogen and oxygen atoms in total. The van der Waals surface area contributed by atoms with Crippen molar-refractivity contribution in [1.82, 2.24) is 15.1 Å². The normalized spacial score (nSPS) is 19.1. The van der Waals surface area contributed by atoms with Gasteiger partial charge >= 0.3 is 0 Å². The summed E-state index contributed by atoms with van der Waals surface area (Å²) in [4.78, 5) is 42.3. The molecule has 1 atom stereocenters. The molecule has 3 amide bonds. The lowest BCUT2D eigenvalue weighted by Crippen LogP contribution is -2.60. The zero-order valence-corrected chi connectivity index (χ0v) is 19.3. The molecule has 1 spiro atoms. The van der Waals surface area contributed by atoms with E-state index in [2.05, 4.69) is 5.32 Å². The number of nitrogens with one attached hydrogen (secondary N) is 1. The van der Waals surface area contributed by atoms with Crippen molar-refractivity contribution < 1.29 is 32.6 Å². The van der Waals surface area contributed by atoms with Crippen LogP contribution in [0.25, 0.3) is 0 Å². The summed E-state index contributed by atoms with van der Waals surface area (Å²) >= 11 is 0. The van der Waals surface area contributed by atoms with Gasteiger partial charge in [-0.15, -0.1) is 0 Å². The Morgan fingerprint density at radius 3 is 2.46 bits per heavy atom. The average molecular weight is 488 g/mol. The van der Waals surface area contributed by atoms with Gasteiger partial charge in [0.1, 0.15) is 23.4 Å². The van der Waals surface area contributed by atoms with Crippen molar-refractivity contribution in [3.63, 3.8) is 0 Å². The van der Waals surface area contributed by atoms with Crippen LogP contribution in [0.3, 0.4) is 0 Å². The number of methoxy groups -OCH3 is 1. The molecular formula is C25H27F2N3O5. The zero-order valence-electron chi connectivity index (χ0n) is 19.3. The molecule has 2 fully saturated rings. The number of hydrogen-bond acceptors (Lipinski definition) is 5. The van der Waals surface area contributed by atoms with Crippen LogP contribution in [0.1, 0.15) is 33.6 Å². The van der Waals surface area contributed by atoms with E-state index in [0.29, 0.717) is 18.2 Å². The van der Waals surface area contributed by atoms with Crippen molar-refractivity contribution in [3.8, 4) is 0 Å². The number of hydrogen-bond donors (Lipinski definition) is 1. The third kappa shape index (κ3) is 5.03. The fourth-order valence-electron chi connectivity index (χ4n) is 4.57. The quantitative estimate of drug-likeness (QED) is 0.632. The second-order valence-corrected chi connectivity index (χ2v) is 8.51. The first-order valence-corrected chi connectivity index (χ1v) is 11.4. The molecule has 2 aliphatic rings. The van der Waals surface area contributed by atoms with Gasteiger partial charge in [-0.05, 0) is 24.3 Å². The fourth-order valence-corrected chi connectivity index (χ4v) is 4.57. The van der Waals surface area contributed by atoms with Crippen LogP contribution < -0.4 is 5.32 Å². The fraction of sp³-hybridized carbons (Fsp3) is 0.400.